The summed E-state index contributed by atoms with van der Waals surface area (Å²) in [5, 5.41) is 0. The van der Waals surface area contributed by atoms with E-state index >= 15 is 0 Å². The summed E-state index contributed by atoms with van der Waals surface area (Å²) in [6.45, 7) is 2.27. The molecule has 1 unspecified atom stereocenters. The minimum Gasteiger partial charge on any atom is -0.469 e. The van der Waals surface area contributed by atoms with E-state index in [1.54, 1.807) is 4.91 Å². The third kappa shape index (κ3) is 10.1. The molecule has 0 radical (unpaired) electrons. The maximum absolute atomic E-state index is 11.1. The average Bonchev–Trinajstić information content (AvgIpc) is 3.08. The van der Waals surface area contributed by atoms with E-state index in [1.165, 1.54) is 70.7 Å². The number of esters is 1. The van der Waals surface area contributed by atoms with Gasteiger partial charge in [0.15, 0.2) is 0 Å². The maximum Gasteiger partial charge on any atom is 0.305 e. The van der Waals surface area contributed by atoms with Gasteiger partial charge in [-0.1, -0.05) is 44.8 Å². The topological polar surface area (TPSA) is 26.3 Å². The van der Waals surface area contributed by atoms with Crippen LogP contribution in [0.2, 0.25) is 0 Å². The van der Waals surface area contributed by atoms with E-state index < -0.39 is 0 Å². The highest BCUT2D eigenvalue weighted by atomic mass is 32.2. The second-order valence-electron chi connectivity index (χ2n) is 7.15. The van der Waals surface area contributed by atoms with E-state index in [9.17, 15) is 4.79 Å². The molecule has 1 aliphatic carbocycles. The minimum atomic E-state index is -0.0751. The van der Waals surface area contributed by atoms with Crippen molar-refractivity contribution in [2.75, 3.05) is 19.1 Å². The van der Waals surface area contributed by atoms with Crippen molar-refractivity contribution in [1.82, 2.24) is 0 Å². The predicted octanol–water partition coefficient (Wildman–Crippen LogP) is 6.18. The van der Waals surface area contributed by atoms with Crippen LogP contribution in [0.1, 0.15) is 84.0 Å². The number of carbonyl (C=O) groups excluding carboxylic acids is 1. The zero-order valence-corrected chi connectivity index (χ0v) is 17.5. The molecule has 0 heterocycles. The Hall–Kier alpha value is -0.700. The van der Waals surface area contributed by atoms with Gasteiger partial charge < -0.3 is 4.74 Å². The second-order valence-corrected chi connectivity index (χ2v) is 9.30. The van der Waals surface area contributed by atoms with Gasteiger partial charge in [-0.2, -0.15) is 0 Å². The molecule has 0 saturated heterocycles. The first-order valence-corrected chi connectivity index (χ1v) is 12.0. The second kappa shape index (κ2) is 14.5. The first-order valence-electron chi connectivity index (χ1n) is 10.2. The molecule has 0 saturated carbocycles. The van der Waals surface area contributed by atoms with Crippen LogP contribution >= 0.6 is 0 Å². The van der Waals surface area contributed by atoms with Crippen LogP contribution in [0, 0.1) is 5.92 Å². The Morgan fingerprint density at radius 1 is 1.20 bits per heavy atom. The number of carbonyl (C=O) groups is 1. The molecule has 3 heteroatoms. The van der Waals surface area contributed by atoms with Crippen LogP contribution in [0.25, 0.3) is 0 Å². The first kappa shape index (κ1) is 22.3. The summed E-state index contributed by atoms with van der Waals surface area (Å²) in [4.78, 5) is 12.8. The number of allylic oxidation sites excluding steroid dienone is 4. The minimum absolute atomic E-state index is 0.0751. The van der Waals surface area contributed by atoms with Gasteiger partial charge in [-0.15, -0.1) is 0 Å². The molecule has 0 bridgehead atoms. The lowest BCUT2D eigenvalue weighted by Gasteiger charge is -2.10. The van der Waals surface area contributed by atoms with E-state index in [-0.39, 0.29) is 5.97 Å². The molecule has 2 atom stereocenters. The molecule has 0 amide bonds. The quantitative estimate of drug-likeness (QED) is 0.159. The Bertz CT molecular complexity index is 414. The number of hydrogen-bond donors (Lipinski definition) is 0. The summed E-state index contributed by atoms with van der Waals surface area (Å²) in [7, 11) is 1.86. The zero-order valence-electron chi connectivity index (χ0n) is 16.7. The number of rotatable bonds is 14. The Balaban J connectivity index is 2.19. The standard InChI is InChI=1S/C22H39O2S/c1-4-5-6-7-8-9-11-15-20-16-14-17-21(20)25(3)19-13-10-12-18-22(23)24-2/h11,15,17,20H,4-10,12-14,16,18-19H2,1-3H3/q+1/t20-,25?/m0/s1. The van der Waals surface area contributed by atoms with Gasteiger partial charge in [-0.25, -0.2) is 0 Å². The fourth-order valence-corrected chi connectivity index (χ4v) is 5.39. The predicted molar refractivity (Wildman–Crippen MR) is 112 cm³/mol. The molecule has 144 valence electrons. The molecule has 25 heavy (non-hydrogen) atoms. The van der Waals surface area contributed by atoms with Gasteiger partial charge in [-0.05, 0) is 51.0 Å². The molecule has 0 N–H and O–H groups in total. The van der Waals surface area contributed by atoms with Crippen LogP contribution < -0.4 is 0 Å². The van der Waals surface area contributed by atoms with Gasteiger partial charge in [-0.3, -0.25) is 4.79 Å². The molecule has 1 rings (SSSR count). The van der Waals surface area contributed by atoms with Crippen molar-refractivity contribution >= 4 is 16.9 Å². The number of ether oxygens (including phenoxy) is 1. The van der Waals surface area contributed by atoms with E-state index in [0.717, 1.165) is 12.8 Å². The van der Waals surface area contributed by atoms with Gasteiger partial charge in [0.1, 0.15) is 16.9 Å². The Morgan fingerprint density at radius 3 is 2.72 bits per heavy atom. The van der Waals surface area contributed by atoms with Crippen molar-refractivity contribution in [1.29, 1.82) is 0 Å². The summed E-state index contributed by atoms with van der Waals surface area (Å²) in [6.07, 6.45) is 24.4. The van der Waals surface area contributed by atoms with Crippen LogP contribution in [0.15, 0.2) is 23.1 Å². The summed E-state index contributed by atoms with van der Waals surface area (Å²) in [6, 6.07) is 0. The highest BCUT2D eigenvalue weighted by Gasteiger charge is 2.29. The lowest BCUT2D eigenvalue weighted by Crippen LogP contribution is -2.12. The SMILES string of the molecule is CCCCCCCC=C[C@H]1CCC=C1[S+](C)CCCCCC(=O)OC. The Kier molecular flexibility index (Phi) is 12.9. The van der Waals surface area contributed by atoms with Gasteiger partial charge in [0.05, 0.1) is 7.11 Å². The van der Waals surface area contributed by atoms with Crippen LogP contribution in [-0.2, 0) is 20.4 Å². The fraction of sp³-hybridized carbons (Fsp3) is 0.773. The molecule has 0 spiro atoms. The van der Waals surface area contributed by atoms with E-state index in [0.29, 0.717) is 23.2 Å². The largest absolute Gasteiger partial charge is 0.469 e. The van der Waals surface area contributed by atoms with Crippen molar-refractivity contribution < 1.29 is 9.53 Å². The molecule has 2 nitrogen and oxygen atoms in total. The molecular formula is C22H39O2S+. The fourth-order valence-electron chi connectivity index (χ4n) is 3.40. The molecule has 0 aromatic heterocycles. The third-order valence-corrected chi connectivity index (χ3v) is 7.17. The van der Waals surface area contributed by atoms with Gasteiger partial charge in [0.25, 0.3) is 0 Å². The Morgan fingerprint density at radius 2 is 1.96 bits per heavy atom. The third-order valence-electron chi connectivity index (χ3n) is 4.99. The van der Waals surface area contributed by atoms with Crippen molar-refractivity contribution in [2.24, 2.45) is 5.92 Å². The maximum atomic E-state index is 11.1. The summed E-state index contributed by atoms with van der Waals surface area (Å²) in [5.74, 6) is 1.89. The molecule has 0 fully saturated rings. The van der Waals surface area contributed by atoms with Crippen LogP contribution in [0.3, 0.4) is 0 Å². The molecular weight excluding hydrogens is 328 g/mol. The highest BCUT2D eigenvalue weighted by Crippen LogP contribution is 2.32. The van der Waals surface area contributed by atoms with Crippen LogP contribution in [0.5, 0.6) is 0 Å². The normalized spacial score (nSPS) is 18.5. The lowest BCUT2D eigenvalue weighted by molar-refractivity contribution is -0.140. The highest BCUT2D eigenvalue weighted by molar-refractivity contribution is 7.99. The van der Waals surface area contributed by atoms with E-state index in [2.05, 4.69) is 31.4 Å². The number of hydrogen-bond acceptors (Lipinski definition) is 2. The lowest BCUT2D eigenvalue weighted by atomic mass is 10.1. The Labute approximate surface area is 158 Å². The van der Waals surface area contributed by atoms with Gasteiger partial charge in [0, 0.05) is 23.2 Å². The van der Waals surface area contributed by atoms with Crippen LogP contribution in [-0.4, -0.2) is 25.1 Å². The average molecular weight is 368 g/mol. The zero-order chi connectivity index (χ0) is 18.3. The van der Waals surface area contributed by atoms with Crippen molar-refractivity contribution in [3.63, 3.8) is 0 Å². The van der Waals surface area contributed by atoms with Gasteiger partial charge in [0.2, 0.25) is 0 Å². The van der Waals surface area contributed by atoms with Crippen molar-refractivity contribution in [3.8, 4) is 0 Å². The summed E-state index contributed by atoms with van der Waals surface area (Å²) in [5.41, 5.74) is 0. The monoisotopic (exact) mass is 367 g/mol. The van der Waals surface area contributed by atoms with Crippen molar-refractivity contribution in [3.05, 3.63) is 23.1 Å². The number of unbranched alkanes of at least 4 members (excludes halogenated alkanes) is 7. The van der Waals surface area contributed by atoms with Crippen LogP contribution in [0.4, 0.5) is 0 Å². The van der Waals surface area contributed by atoms with Crippen molar-refractivity contribution in [2.45, 2.75) is 84.0 Å². The molecule has 1 aliphatic rings. The van der Waals surface area contributed by atoms with E-state index in [4.69, 9.17) is 4.74 Å². The summed E-state index contributed by atoms with van der Waals surface area (Å²) >= 11 is 0. The number of methoxy groups -OCH3 is 1. The molecule has 0 aromatic carbocycles. The summed E-state index contributed by atoms with van der Waals surface area (Å²) < 4.78 is 4.69. The smallest absolute Gasteiger partial charge is 0.305 e. The van der Waals surface area contributed by atoms with E-state index in [1.807, 2.05) is 0 Å². The van der Waals surface area contributed by atoms with Gasteiger partial charge >= 0.3 is 5.97 Å². The molecule has 0 aliphatic heterocycles. The first-order chi connectivity index (χ1) is 12.2. The molecule has 0 aromatic rings.